The van der Waals surface area contributed by atoms with E-state index in [0.717, 1.165) is 26.9 Å². The van der Waals surface area contributed by atoms with Crippen molar-refractivity contribution in [1.29, 1.82) is 0 Å². The van der Waals surface area contributed by atoms with Gasteiger partial charge in [0.2, 0.25) is 5.91 Å². The van der Waals surface area contributed by atoms with E-state index in [4.69, 9.17) is 0 Å². The minimum Gasteiger partial charge on any atom is -0.302 e. The van der Waals surface area contributed by atoms with Crippen LogP contribution < -0.4 is 5.32 Å². The first-order chi connectivity index (χ1) is 11.1. The molecule has 0 spiro atoms. The van der Waals surface area contributed by atoms with Gasteiger partial charge in [-0.05, 0) is 42.7 Å². The van der Waals surface area contributed by atoms with Crippen molar-refractivity contribution in [1.82, 2.24) is 9.97 Å². The average molecular weight is 327 g/mol. The quantitative estimate of drug-likeness (QED) is 0.792. The highest BCUT2D eigenvalue weighted by Crippen LogP contribution is 2.36. The maximum absolute atomic E-state index is 12.9. The maximum Gasteiger partial charge on any atom is 0.232 e. The molecule has 2 heterocycles. The molecule has 0 aliphatic heterocycles. The Balaban J connectivity index is 1.64. The number of hydrogen-bond acceptors (Lipinski definition) is 4. The number of thiazole rings is 1. The van der Waals surface area contributed by atoms with Crippen molar-refractivity contribution in [3.05, 3.63) is 42.2 Å². The molecule has 23 heavy (non-hydrogen) atoms. The van der Waals surface area contributed by atoms with Crippen LogP contribution in [0.3, 0.4) is 0 Å². The van der Waals surface area contributed by atoms with Crippen LogP contribution in [0, 0.1) is 12.8 Å². The van der Waals surface area contributed by atoms with Gasteiger partial charge in [-0.2, -0.15) is 0 Å². The Morgan fingerprint density at radius 2 is 2.22 bits per heavy atom. The van der Waals surface area contributed by atoms with Gasteiger partial charge in [0.05, 0.1) is 16.1 Å². The second-order valence-corrected chi connectivity index (χ2v) is 6.77. The molecule has 1 aromatic carbocycles. The number of aryl methyl sites for hydroxylation is 1. The summed E-state index contributed by atoms with van der Waals surface area (Å²) in [6, 6.07) is 7.94. The van der Waals surface area contributed by atoms with E-state index in [0.29, 0.717) is 11.6 Å². The van der Waals surface area contributed by atoms with Gasteiger partial charge in [-0.3, -0.25) is 9.78 Å². The van der Waals surface area contributed by atoms with Crippen LogP contribution in [0.25, 0.3) is 21.3 Å². The topological polar surface area (TPSA) is 54.9 Å². The number of fused-ring (bicyclic) bond motifs is 1. The van der Waals surface area contributed by atoms with Crippen LogP contribution in [0.2, 0.25) is 0 Å². The first-order valence-electron chi connectivity index (χ1n) is 7.38. The summed E-state index contributed by atoms with van der Waals surface area (Å²) >= 11 is 1.40. The number of alkyl halides is 1. The summed E-state index contributed by atoms with van der Waals surface area (Å²) in [5, 5.41) is 3.23. The summed E-state index contributed by atoms with van der Waals surface area (Å²) in [6.07, 6.45) is 2.94. The third kappa shape index (κ3) is 2.70. The van der Waals surface area contributed by atoms with Gasteiger partial charge in [-0.1, -0.05) is 17.4 Å². The number of aromatic nitrogens is 2. The molecule has 1 fully saturated rings. The Labute approximate surface area is 136 Å². The van der Waals surface area contributed by atoms with Crippen LogP contribution in [-0.4, -0.2) is 22.0 Å². The lowest BCUT2D eigenvalue weighted by Gasteiger charge is -2.04. The Kier molecular flexibility index (Phi) is 3.34. The number of halogens is 1. The van der Waals surface area contributed by atoms with Crippen LogP contribution in [0.15, 0.2) is 36.7 Å². The van der Waals surface area contributed by atoms with E-state index in [1.807, 2.05) is 37.4 Å². The molecule has 0 radical (unpaired) electrons. The van der Waals surface area contributed by atoms with E-state index >= 15 is 0 Å². The van der Waals surface area contributed by atoms with Crippen LogP contribution in [-0.2, 0) is 4.79 Å². The summed E-state index contributed by atoms with van der Waals surface area (Å²) in [4.78, 5) is 20.4. The Morgan fingerprint density at radius 1 is 1.39 bits per heavy atom. The monoisotopic (exact) mass is 327 g/mol. The minimum atomic E-state index is -0.996. The van der Waals surface area contributed by atoms with E-state index < -0.39 is 12.1 Å². The molecule has 2 aromatic heterocycles. The molecule has 0 unspecified atom stereocenters. The molecular formula is C17H14FN3OS. The molecule has 3 aromatic rings. The zero-order valence-electron chi connectivity index (χ0n) is 12.4. The van der Waals surface area contributed by atoms with Crippen molar-refractivity contribution in [3.8, 4) is 11.1 Å². The molecule has 1 N–H and O–H groups in total. The molecule has 0 saturated heterocycles. The summed E-state index contributed by atoms with van der Waals surface area (Å²) < 4.78 is 13.9. The van der Waals surface area contributed by atoms with Crippen molar-refractivity contribution in [3.63, 3.8) is 0 Å². The zero-order valence-corrected chi connectivity index (χ0v) is 13.2. The highest BCUT2D eigenvalue weighted by atomic mass is 32.1. The molecular weight excluding hydrogens is 313 g/mol. The molecule has 0 bridgehead atoms. The van der Waals surface area contributed by atoms with Gasteiger partial charge >= 0.3 is 0 Å². The van der Waals surface area contributed by atoms with Gasteiger partial charge in [0.25, 0.3) is 0 Å². The number of nitrogens with one attached hydrogen (secondary N) is 1. The SMILES string of the molecule is Cc1ccncc1-c1ccc2nc(NC(=O)[C@@H]3C[C@@H]3F)sc2c1. The molecule has 4 rings (SSSR count). The van der Waals surface area contributed by atoms with E-state index in [-0.39, 0.29) is 5.91 Å². The number of nitrogens with zero attached hydrogens (tertiary/aromatic N) is 2. The number of hydrogen-bond donors (Lipinski definition) is 1. The largest absolute Gasteiger partial charge is 0.302 e. The Morgan fingerprint density at radius 3 is 2.96 bits per heavy atom. The predicted octanol–water partition coefficient (Wildman–Crippen LogP) is 3.96. The summed E-state index contributed by atoms with van der Waals surface area (Å²) in [7, 11) is 0. The van der Waals surface area contributed by atoms with E-state index in [9.17, 15) is 9.18 Å². The molecule has 6 heteroatoms. The van der Waals surface area contributed by atoms with Crippen molar-refractivity contribution < 1.29 is 9.18 Å². The Bertz CT molecular complexity index is 908. The van der Waals surface area contributed by atoms with Crippen LogP contribution >= 0.6 is 11.3 Å². The molecule has 4 nitrogen and oxygen atoms in total. The lowest BCUT2D eigenvalue weighted by molar-refractivity contribution is -0.117. The number of carbonyl (C=O) groups is 1. The maximum atomic E-state index is 12.9. The van der Waals surface area contributed by atoms with Gasteiger partial charge in [-0.25, -0.2) is 9.37 Å². The summed E-state index contributed by atoms with van der Waals surface area (Å²) in [6.45, 7) is 2.04. The fourth-order valence-corrected chi connectivity index (χ4v) is 3.45. The molecule has 2 atom stereocenters. The van der Waals surface area contributed by atoms with Gasteiger partial charge in [0, 0.05) is 18.0 Å². The number of carbonyl (C=O) groups excluding carboxylic acids is 1. The number of benzene rings is 1. The highest BCUT2D eigenvalue weighted by Gasteiger charge is 2.43. The smallest absolute Gasteiger partial charge is 0.232 e. The molecule has 1 saturated carbocycles. The van der Waals surface area contributed by atoms with Gasteiger partial charge in [0.1, 0.15) is 6.17 Å². The fraction of sp³-hybridized carbons (Fsp3) is 0.235. The lowest BCUT2D eigenvalue weighted by atomic mass is 10.0. The number of pyridine rings is 1. The van der Waals surface area contributed by atoms with Crippen molar-refractivity contribution in [2.45, 2.75) is 19.5 Å². The van der Waals surface area contributed by atoms with Crippen molar-refractivity contribution >= 4 is 32.6 Å². The molecule has 1 aliphatic rings. The number of anilines is 1. The van der Waals surface area contributed by atoms with E-state index in [1.165, 1.54) is 11.3 Å². The summed E-state index contributed by atoms with van der Waals surface area (Å²) in [5.41, 5.74) is 4.12. The lowest BCUT2D eigenvalue weighted by Crippen LogP contribution is -2.14. The number of rotatable bonds is 3. The van der Waals surface area contributed by atoms with Gasteiger partial charge in [-0.15, -0.1) is 0 Å². The van der Waals surface area contributed by atoms with Gasteiger partial charge in [0.15, 0.2) is 5.13 Å². The minimum absolute atomic E-state index is 0.278. The summed E-state index contributed by atoms with van der Waals surface area (Å²) in [5.74, 6) is -0.782. The standard InChI is InChI=1S/C17H14FN3OS/c1-9-4-5-19-8-12(9)10-2-3-14-15(6-10)23-17(20-14)21-16(22)11-7-13(11)18/h2-6,8,11,13H,7H2,1H3,(H,20,21,22)/t11-,13+/m1/s1. The Hall–Kier alpha value is -2.34. The second-order valence-electron chi connectivity index (χ2n) is 5.74. The number of amides is 1. The normalized spacial score (nSPS) is 19.7. The second kappa shape index (κ2) is 5.38. The fourth-order valence-electron chi connectivity index (χ4n) is 2.55. The molecule has 116 valence electrons. The van der Waals surface area contributed by atoms with Crippen LogP contribution in [0.1, 0.15) is 12.0 Å². The molecule has 1 aliphatic carbocycles. The zero-order chi connectivity index (χ0) is 16.0. The first-order valence-corrected chi connectivity index (χ1v) is 8.20. The van der Waals surface area contributed by atoms with Crippen molar-refractivity contribution in [2.24, 2.45) is 5.92 Å². The third-order valence-electron chi connectivity index (χ3n) is 4.02. The predicted molar refractivity (Wildman–Crippen MR) is 89.2 cm³/mol. The van der Waals surface area contributed by atoms with Crippen LogP contribution in [0.5, 0.6) is 0 Å². The van der Waals surface area contributed by atoms with E-state index in [1.54, 1.807) is 6.20 Å². The highest BCUT2D eigenvalue weighted by molar-refractivity contribution is 7.22. The average Bonchev–Trinajstić information content (AvgIpc) is 3.13. The van der Waals surface area contributed by atoms with Crippen LogP contribution in [0.4, 0.5) is 9.52 Å². The van der Waals surface area contributed by atoms with Crippen molar-refractivity contribution in [2.75, 3.05) is 5.32 Å². The van der Waals surface area contributed by atoms with Gasteiger partial charge < -0.3 is 5.32 Å². The molecule has 1 amide bonds. The first kappa shape index (κ1) is 14.3. The third-order valence-corrected chi connectivity index (χ3v) is 4.95. The van der Waals surface area contributed by atoms with E-state index in [2.05, 4.69) is 15.3 Å².